The van der Waals surface area contributed by atoms with Crippen LogP contribution in [0.2, 0.25) is 0 Å². The minimum Gasteiger partial charge on any atom is -0.309 e. The number of nitrogens with zero attached hydrogens (tertiary/aromatic N) is 6. The highest BCUT2D eigenvalue weighted by atomic mass is 32.1. The van der Waals surface area contributed by atoms with E-state index >= 15 is 0 Å². The molecule has 13 rings (SSSR count). The number of aromatic nitrogens is 6. The molecular weight excluding hydrogens is 837 g/mol. The van der Waals surface area contributed by atoms with Crippen molar-refractivity contribution in [1.29, 1.82) is 0 Å². The molecule has 5 aromatic heterocycles. The van der Waals surface area contributed by atoms with Gasteiger partial charge in [0.15, 0.2) is 11.6 Å². The third-order valence-corrected chi connectivity index (χ3v) is 13.6. The highest BCUT2D eigenvalue weighted by Crippen LogP contribution is 2.41. The van der Waals surface area contributed by atoms with Gasteiger partial charge in [-0.05, 0) is 100 Å². The molecule has 8 aromatic carbocycles. The van der Waals surface area contributed by atoms with E-state index < -0.39 is 0 Å². The van der Waals surface area contributed by atoms with Crippen LogP contribution in [0, 0.1) is 0 Å². The molecule has 314 valence electrons. The van der Waals surface area contributed by atoms with Crippen molar-refractivity contribution in [2.75, 3.05) is 0 Å². The maximum Gasteiger partial charge on any atom is 0.238 e. The Kier molecular flexibility index (Phi) is 9.25. The fraction of sp³-hybridized carbons (Fsp3) is 0. The zero-order valence-electron chi connectivity index (χ0n) is 36.0. The van der Waals surface area contributed by atoms with Crippen molar-refractivity contribution < 1.29 is 0 Å². The van der Waals surface area contributed by atoms with Crippen molar-refractivity contribution in [3.8, 4) is 78.4 Å². The van der Waals surface area contributed by atoms with Gasteiger partial charge in [-0.1, -0.05) is 146 Å². The highest BCUT2D eigenvalue weighted by molar-refractivity contribution is 7.13. The predicted molar refractivity (Wildman–Crippen MR) is 277 cm³/mol. The van der Waals surface area contributed by atoms with Gasteiger partial charge in [-0.3, -0.25) is 9.55 Å². The first-order valence-corrected chi connectivity index (χ1v) is 23.2. The van der Waals surface area contributed by atoms with Gasteiger partial charge < -0.3 is 4.57 Å². The Morgan fingerprint density at radius 1 is 0.328 bits per heavy atom. The van der Waals surface area contributed by atoms with Gasteiger partial charge in [0, 0.05) is 60.6 Å². The first kappa shape index (κ1) is 38.7. The molecule has 0 atom stereocenters. The topological polar surface area (TPSA) is 61.4 Å². The molecule has 6 nitrogen and oxygen atoms in total. The second-order valence-corrected chi connectivity index (χ2v) is 17.7. The summed E-state index contributed by atoms with van der Waals surface area (Å²) in [5.41, 5.74) is 14.9. The first-order chi connectivity index (χ1) is 33.2. The molecule has 0 radical (unpaired) electrons. The second-order valence-electron chi connectivity index (χ2n) is 16.7. The summed E-state index contributed by atoms with van der Waals surface area (Å²) in [4.78, 5) is 21.7. The van der Waals surface area contributed by atoms with Crippen LogP contribution >= 0.6 is 11.3 Å². The summed E-state index contributed by atoms with van der Waals surface area (Å²) in [6, 6.07) is 77.1. The summed E-state index contributed by atoms with van der Waals surface area (Å²) in [6.45, 7) is 0. The summed E-state index contributed by atoms with van der Waals surface area (Å²) in [5.74, 6) is 1.78. The van der Waals surface area contributed by atoms with Crippen LogP contribution in [0.4, 0.5) is 0 Å². The lowest BCUT2D eigenvalue weighted by Gasteiger charge is -2.12. The molecular formula is C60H38N6S. The number of benzene rings is 8. The molecule has 0 unspecified atom stereocenters. The van der Waals surface area contributed by atoms with Crippen molar-refractivity contribution in [2.24, 2.45) is 0 Å². The molecule has 0 aliphatic rings. The van der Waals surface area contributed by atoms with Gasteiger partial charge in [0.1, 0.15) is 0 Å². The Labute approximate surface area is 390 Å². The van der Waals surface area contributed by atoms with Gasteiger partial charge in [0.2, 0.25) is 5.95 Å². The van der Waals surface area contributed by atoms with E-state index in [2.05, 4.69) is 197 Å². The van der Waals surface area contributed by atoms with E-state index in [1.807, 2.05) is 42.6 Å². The van der Waals surface area contributed by atoms with Crippen LogP contribution in [-0.4, -0.2) is 29.1 Å². The molecule has 5 heterocycles. The number of fused-ring (bicyclic) bond motifs is 6. The largest absolute Gasteiger partial charge is 0.309 e. The van der Waals surface area contributed by atoms with Gasteiger partial charge in [-0.25, -0.2) is 4.98 Å². The minimum absolute atomic E-state index is 0.555. The van der Waals surface area contributed by atoms with Gasteiger partial charge in [-0.15, -0.1) is 11.3 Å². The highest BCUT2D eigenvalue weighted by Gasteiger charge is 2.22. The van der Waals surface area contributed by atoms with E-state index in [0.29, 0.717) is 17.6 Å². The summed E-state index contributed by atoms with van der Waals surface area (Å²) in [7, 11) is 0. The SMILES string of the molecule is c1ccc(-c2nc(-c3ccccc3)nc(-n3c4ccc(-c5cccc(-c6cccc(-c7ccc(-c8cccs8)cn7)c6)c5)cc4c4cc5c6ccccc6n(-c6ccccc6)c5cc43)n2)cc1. The van der Waals surface area contributed by atoms with Gasteiger partial charge in [-0.2, -0.15) is 9.97 Å². The number of hydrogen-bond donors (Lipinski definition) is 0. The number of rotatable bonds is 8. The first-order valence-electron chi connectivity index (χ1n) is 22.4. The van der Waals surface area contributed by atoms with E-state index in [1.165, 1.54) is 15.6 Å². The van der Waals surface area contributed by atoms with Crippen molar-refractivity contribution >= 4 is 54.9 Å². The lowest BCUT2D eigenvalue weighted by Crippen LogP contribution is -2.06. The Hall–Kier alpha value is -8.78. The van der Waals surface area contributed by atoms with Crippen molar-refractivity contribution in [2.45, 2.75) is 0 Å². The molecule has 13 aromatic rings. The van der Waals surface area contributed by atoms with Crippen LogP contribution < -0.4 is 0 Å². The monoisotopic (exact) mass is 874 g/mol. The molecule has 0 N–H and O–H groups in total. The molecule has 0 fully saturated rings. The van der Waals surface area contributed by atoms with Gasteiger partial charge in [0.05, 0.1) is 27.8 Å². The Balaban J connectivity index is 1.01. The molecule has 0 amide bonds. The van der Waals surface area contributed by atoms with Crippen LogP contribution in [0.3, 0.4) is 0 Å². The van der Waals surface area contributed by atoms with E-state index in [4.69, 9.17) is 19.9 Å². The van der Waals surface area contributed by atoms with Gasteiger partial charge >= 0.3 is 0 Å². The van der Waals surface area contributed by atoms with Crippen LogP contribution in [0.15, 0.2) is 230 Å². The molecule has 0 saturated heterocycles. The van der Waals surface area contributed by atoms with Crippen LogP contribution in [0.5, 0.6) is 0 Å². The quantitative estimate of drug-likeness (QED) is 0.153. The van der Waals surface area contributed by atoms with Crippen LogP contribution in [-0.2, 0) is 0 Å². The predicted octanol–water partition coefficient (Wildman–Crippen LogP) is 15.5. The average Bonchev–Trinajstić information content (AvgIpc) is 4.14. The fourth-order valence-electron chi connectivity index (χ4n) is 9.52. The van der Waals surface area contributed by atoms with E-state index in [9.17, 15) is 0 Å². The molecule has 0 saturated carbocycles. The van der Waals surface area contributed by atoms with Crippen molar-refractivity contribution in [1.82, 2.24) is 29.1 Å². The van der Waals surface area contributed by atoms with Crippen LogP contribution in [0.25, 0.3) is 122 Å². The number of hydrogen-bond acceptors (Lipinski definition) is 5. The smallest absolute Gasteiger partial charge is 0.238 e. The minimum atomic E-state index is 0.555. The molecule has 0 aliphatic heterocycles. The lowest BCUT2D eigenvalue weighted by atomic mass is 9.96. The number of pyridine rings is 1. The number of thiophene rings is 1. The molecule has 67 heavy (non-hydrogen) atoms. The van der Waals surface area contributed by atoms with E-state index in [1.54, 1.807) is 11.3 Å². The molecule has 0 spiro atoms. The standard InChI is InChI=1S/C60H38N6S/c1-4-15-39(16-5-1)58-62-59(40-17-6-2-7-18-40)64-60(63-58)66-54-31-29-44(35-49(54)51-36-50-48-25-10-11-26-53(48)65(55(50)37-56(51)66)47-23-8-3-9-24-47)42-20-12-19-41(33-42)43-21-13-22-45(34-43)52-30-28-46(38-61-52)57-27-14-32-67-57/h1-38H. The van der Waals surface area contributed by atoms with Crippen LogP contribution in [0.1, 0.15) is 0 Å². The summed E-state index contributed by atoms with van der Waals surface area (Å²) in [6.07, 6.45) is 1.97. The zero-order valence-corrected chi connectivity index (χ0v) is 36.8. The lowest BCUT2D eigenvalue weighted by molar-refractivity contribution is 0.953. The van der Waals surface area contributed by atoms with Crippen molar-refractivity contribution in [3.05, 3.63) is 230 Å². The average molecular weight is 875 g/mol. The third kappa shape index (κ3) is 6.80. The summed E-state index contributed by atoms with van der Waals surface area (Å²) in [5, 5.41) is 6.70. The third-order valence-electron chi connectivity index (χ3n) is 12.7. The zero-order chi connectivity index (χ0) is 44.3. The normalized spacial score (nSPS) is 11.6. The Morgan fingerprint density at radius 2 is 0.881 bits per heavy atom. The maximum absolute atomic E-state index is 5.28. The fourth-order valence-corrected chi connectivity index (χ4v) is 10.2. The molecule has 0 aliphatic carbocycles. The molecule has 0 bridgehead atoms. The second kappa shape index (κ2) is 16.0. The maximum atomic E-state index is 5.28. The number of para-hydroxylation sites is 2. The van der Waals surface area contributed by atoms with E-state index in [-0.39, 0.29) is 0 Å². The summed E-state index contributed by atoms with van der Waals surface area (Å²) < 4.78 is 4.59. The molecule has 7 heteroatoms. The van der Waals surface area contributed by atoms with Crippen molar-refractivity contribution in [3.63, 3.8) is 0 Å². The Morgan fingerprint density at radius 3 is 1.55 bits per heavy atom. The van der Waals surface area contributed by atoms with E-state index in [0.717, 1.165) is 88.7 Å². The van der Waals surface area contributed by atoms with Gasteiger partial charge in [0.25, 0.3) is 0 Å². The summed E-state index contributed by atoms with van der Waals surface area (Å²) >= 11 is 1.73. The Bertz CT molecular complexity index is 3890.